The maximum absolute atomic E-state index is 5.48. The van der Waals surface area contributed by atoms with Crippen molar-refractivity contribution in [2.45, 2.75) is 0 Å². The minimum Gasteiger partial charge on any atom is -0.412 e. The summed E-state index contributed by atoms with van der Waals surface area (Å²) in [6, 6.07) is 10.0. The Balaban J connectivity index is 0. The first-order valence-electron chi connectivity index (χ1n) is 2.87. The Kier molecular flexibility index (Phi) is 9.06. The Bertz CT molecular complexity index is 169. The molecule has 4 N–H and O–H groups in total. The smallest absolute Gasteiger partial charge is 0.170 e. The molecule has 0 spiro atoms. The van der Waals surface area contributed by atoms with E-state index in [2.05, 4.69) is 0 Å². The molecule has 1 aromatic carbocycles. The van der Waals surface area contributed by atoms with Crippen LogP contribution in [0, 0.1) is 0 Å². The van der Waals surface area contributed by atoms with E-state index < -0.39 is 0 Å². The topological polar surface area (TPSA) is 63.0 Å². The summed E-state index contributed by atoms with van der Waals surface area (Å²) in [6.07, 6.45) is 0. The molecule has 2 nitrogen and oxygen atoms in total. The minimum atomic E-state index is 0. The van der Waals surface area contributed by atoms with E-state index in [1.807, 2.05) is 37.6 Å². The fourth-order valence-electron chi connectivity index (χ4n) is 0.678. The lowest BCUT2D eigenvalue weighted by atomic mass is 9.73. The van der Waals surface area contributed by atoms with Crippen molar-refractivity contribution in [3.05, 3.63) is 30.3 Å². The van der Waals surface area contributed by atoms with Crippen molar-refractivity contribution < 1.29 is 11.0 Å². The van der Waals surface area contributed by atoms with E-state index in [0.717, 1.165) is 0 Å². The highest BCUT2D eigenvalue weighted by molar-refractivity contribution is 6.62. The molecule has 0 atom stereocenters. The molecule has 1 radical (unpaired) electrons. The van der Waals surface area contributed by atoms with Gasteiger partial charge in [-0.25, -0.2) is 0 Å². The van der Waals surface area contributed by atoms with E-state index in [4.69, 9.17) is 11.6 Å². The average Bonchev–Trinajstić information content (AvgIpc) is 1.91. The molecular weight excluding hydrogens is 162 g/mol. The molecule has 1 aromatic rings. The molecule has 4 heteroatoms. The van der Waals surface area contributed by atoms with Gasteiger partial charge in [0.15, 0.2) is 7.28 Å². The normalized spacial score (nSPS) is 7.36. The van der Waals surface area contributed by atoms with Crippen LogP contribution >= 0.6 is 11.6 Å². The molecule has 0 aliphatic rings. The fraction of sp³-hybridized carbons (Fsp3) is 0.143. The zero-order valence-corrected chi connectivity index (χ0v) is 6.81. The highest BCUT2D eigenvalue weighted by Gasteiger charge is 1.88. The number of hydrogen-bond acceptors (Lipinski definition) is 0. The molecule has 61 valence electrons. The lowest BCUT2D eigenvalue weighted by molar-refractivity contribution is 0.823. The van der Waals surface area contributed by atoms with Gasteiger partial charge in [-0.15, -0.1) is 11.6 Å². The molecule has 0 bridgehead atoms. The third-order valence-corrected chi connectivity index (χ3v) is 1.27. The Morgan fingerprint density at radius 3 is 2.09 bits per heavy atom. The average molecular weight is 173 g/mol. The molecule has 0 saturated heterocycles. The van der Waals surface area contributed by atoms with E-state index in [1.54, 1.807) is 0 Å². The largest absolute Gasteiger partial charge is 0.412 e. The van der Waals surface area contributed by atoms with E-state index in [9.17, 15) is 0 Å². The predicted molar refractivity (Wildman–Crippen MR) is 49.8 cm³/mol. The van der Waals surface area contributed by atoms with Crippen LogP contribution in [0.3, 0.4) is 0 Å². The molecule has 1 rings (SSSR count). The summed E-state index contributed by atoms with van der Waals surface area (Å²) in [6.45, 7) is 0. The third-order valence-electron chi connectivity index (χ3n) is 1.11. The number of alkyl halides is 1. The molecule has 0 unspecified atom stereocenters. The number of benzene rings is 1. The summed E-state index contributed by atoms with van der Waals surface area (Å²) in [4.78, 5) is 0. The summed E-state index contributed by atoms with van der Waals surface area (Å²) >= 11 is 5.48. The monoisotopic (exact) mass is 173 g/mol. The van der Waals surface area contributed by atoms with Crippen LogP contribution in [-0.2, 0) is 0 Å². The number of rotatable bonds is 2. The van der Waals surface area contributed by atoms with Crippen molar-refractivity contribution in [2.24, 2.45) is 0 Å². The second-order valence-corrected chi connectivity index (χ2v) is 2.08. The first-order valence-corrected chi connectivity index (χ1v) is 3.41. The fourth-order valence-corrected chi connectivity index (χ4v) is 0.856. The molecule has 0 aromatic heterocycles. The van der Waals surface area contributed by atoms with Crippen LogP contribution in [-0.4, -0.2) is 24.0 Å². The second-order valence-electron chi connectivity index (χ2n) is 1.77. The Morgan fingerprint density at radius 2 is 1.64 bits per heavy atom. The van der Waals surface area contributed by atoms with Crippen molar-refractivity contribution in [2.75, 3.05) is 5.78 Å². The van der Waals surface area contributed by atoms with Crippen LogP contribution in [0.15, 0.2) is 30.3 Å². The predicted octanol–water partition coefficient (Wildman–Crippen LogP) is -0.437. The van der Waals surface area contributed by atoms with Crippen LogP contribution in [0.4, 0.5) is 0 Å². The Labute approximate surface area is 72.0 Å². The molecule has 0 fully saturated rings. The van der Waals surface area contributed by atoms with Crippen molar-refractivity contribution >= 4 is 24.3 Å². The van der Waals surface area contributed by atoms with Gasteiger partial charge < -0.3 is 11.0 Å². The zero-order valence-electron chi connectivity index (χ0n) is 6.05. The van der Waals surface area contributed by atoms with Gasteiger partial charge in [0, 0.05) is 0 Å². The van der Waals surface area contributed by atoms with Gasteiger partial charge in [0.1, 0.15) is 0 Å². The first-order chi connectivity index (χ1) is 4.43. The van der Waals surface area contributed by atoms with Gasteiger partial charge in [-0.1, -0.05) is 35.8 Å². The van der Waals surface area contributed by atoms with Gasteiger partial charge >= 0.3 is 0 Å². The van der Waals surface area contributed by atoms with Crippen LogP contribution in [0.2, 0.25) is 0 Å². The molecule has 0 aliphatic carbocycles. The molecule has 11 heavy (non-hydrogen) atoms. The van der Waals surface area contributed by atoms with Gasteiger partial charge in [0.2, 0.25) is 0 Å². The molecule has 0 heterocycles. The zero-order chi connectivity index (χ0) is 6.53. The Morgan fingerprint density at radius 1 is 1.09 bits per heavy atom. The van der Waals surface area contributed by atoms with Crippen molar-refractivity contribution in [1.82, 2.24) is 0 Å². The molecule has 0 amide bonds. The number of halogens is 1. The van der Waals surface area contributed by atoms with E-state index >= 15 is 0 Å². The van der Waals surface area contributed by atoms with Gasteiger partial charge in [-0.2, -0.15) is 0 Å². The highest BCUT2D eigenvalue weighted by Crippen LogP contribution is 1.81. The van der Waals surface area contributed by atoms with Gasteiger partial charge in [0.25, 0.3) is 0 Å². The standard InChI is InChI=1S/C7H7BCl.2H2O/c9-6-8-7-4-2-1-3-5-7;;/h1-5H,6H2;2*1H2. The van der Waals surface area contributed by atoms with Crippen LogP contribution in [0.25, 0.3) is 0 Å². The molecule has 0 aliphatic heterocycles. The van der Waals surface area contributed by atoms with Crippen molar-refractivity contribution in [3.8, 4) is 0 Å². The van der Waals surface area contributed by atoms with Gasteiger partial charge in [-0.05, 0) is 5.78 Å². The maximum atomic E-state index is 5.48. The van der Waals surface area contributed by atoms with Gasteiger partial charge in [0.05, 0.1) is 0 Å². The van der Waals surface area contributed by atoms with E-state index in [0.29, 0.717) is 5.78 Å². The lowest BCUT2D eigenvalue weighted by Gasteiger charge is -1.91. The van der Waals surface area contributed by atoms with Crippen LogP contribution < -0.4 is 5.46 Å². The maximum Gasteiger partial charge on any atom is 0.170 e. The minimum absolute atomic E-state index is 0. The second kappa shape index (κ2) is 7.60. The molecule has 0 saturated carbocycles. The van der Waals surface area contributed by atoms with Gasteiger partial charge in [-0.3, -0.25) is 0 Å². The summed E-state index contributed by atoms with van der Waals surface area (Å²) < 4.78 is 0. The van der Waals surface area contributed by atoms with E-state index in [1.165, 1.54) is 5.46 Å². The summed E-state index contributed by atoms with van der Waals surface area (Å²) in [7, 11) is 1.97. The van der Waals surface area contributed by atoms with Crippen LogP contribution in [0.1, 0.15) is 0 Å². The Hall–Kier alpha value is -0.505. The molecular formula is C7H11BClO2. The first kappa shape index (κ1) is 13.1. The number of hydrogen-bond donors (Lipinski definition) is 0. The summed E-state index contributed by atoms with van der Waals surface area (Å²) in [5.41, 5.74) is 1.19. The SMILES string of the molecule is ClC[B]c1ccccc1.O.O. The third kappa shape index (κ3) is 4.84. The van der Waals surface area contributed by atoms with Crippen LogP contribution in [0.5, 0.6) is 0 Å². The summed E-state index contributed by atoms with van der Waals surface area (Å²) in [5, 5.41) is 0. The van der Waals surface area contributed by atoms with E-state index in [-0.39, 0.29) is 11.0 Å². The quantitative estimate of drug-likeness (QED) is 0.430. The highest BCUT2D eigenvalue weighted by atomic mass is 35.5. The van der Waals surface area contributed by atoms with Crippen molar-refractivity contribution in [3.63, 3.8) is 0 Å². The van der Waals surface area contributed by atoms with Crippen molar-refractivity contribution in [1.29, 1.82) is 0 Å². The lowest BCUT2D eigenvalue weighted by Crippen LogP contribution is -2.13. The summed E-state index contributed by atoms with van der Waals surface area (Å²) in [5.74, 6) is 0.587.